The quantitative estimate of drug-likeness (QED) is 0.866. The molecule has 1 fully saturated rings. The van der Waals surface area contributed by atoms with E-state index in [0.29, 0.717) is 6.54 Å². The molecule has 1 aliphatic rings. The van der Waals surface area contributed by atoms with Crippen molar-refractivity contribution >= 4 is 11.6 Å². The smallest absolute Gasteiger partial charge is 0.244 e. The predicted octanol–water partition coefficient (Wildman–Crippen LogP) is 1.93. The molecule has 4 heteroatoms. The summed E-state index contributed by atoms with van der Waals surface area (Å²) in [5.41, 5.74) is 0.775. The standard InChI is InChI=1S/C13H17FN2O/c1-2-8-15-12-7-9-16(13(12)17)11-5-3-10(14)4-6-11/h3-6,12,15H,2,7-9H2,1H3. The van der Waals surface area contributed by atoms with Gasteiger partial charge >= 0.3 is 0 Å². The SMILES string of the molecule is CCCNC1CCN(c2ccc(F)cc2)C1=O. The van der Waals surface area contributed by atoms with Crippen molar-refractivity contribution in [1.29, 1.82) is 0 Å². The largest absolute Gasteiger partial charge is 0.311 e. The number of hydrogen-bond donors (Lipinski definition) is 1. The average molecular weight is 236 g/mol. The number of nitrogens with one attached hydrogen (secondary N) is 1. The summed E-state index contributed by atoms with van der Waals surface area (Å²) < 4.78 is 12.8. The molecule has 3 nitrogen and oxygen atoms in total. The highest BCUT2D eigenvalue weighted by Crippen LogP contribution is 2.21. The summed E-state index contributed by atoms with van der Waals surface area (Å²) in [6.07, 6.45) is 1.83. The first-order valence-corrected chi connectivity index (χ1v) is 6.02. The van der Waals surface area contributed by atoms with E-state index < -0.39 is 0 Å². The first-order chi connectivity index (χ1) is 8.22. The van der Waals surface area contributed by atoms with Crippen LogP contribution in [0.1, 0.15) is 19.8 Å². The molecule has 1 heterocycles. The number of benzene rings is 1. The van der Waals surface area contributed by atoms with Gasteiger partial charge in [0.2, 0.25) is 5.91 Å². The molecular weight excluding hydrogens is 219 g/mol. The van der Waals surface area contributed by atoms with E-state index in [-0.39, 0.29) is 17.8 Å². The van der Waals surface area contributed by atoms with E-state index in [2.05, 4.69) is 12.2 Å². The maximum Gasteiger partial charge on any atom is 0.244 e. The van der Waals surface area contributed by atoms with Gasteiger partial charge in [-0.15, -0.1) is 0 Å². The molecule has 1 atom stereocenters. The van der Waals surface area contributed by atoms with Crippen molar-refractivity contribution in [3.63, 3.8) is 0 Å². The summed E-state index contributed by atoms with van der Waals surface area (Å²) in [6, 6.07) is 5.98. The third kappa shape index (κ3) is 2.64. The van der Waals surface area contributed by atoms with Crippen LogP contribution >= 0.6 is 0 Å². The van der Waals surface area contributed by atoms with E-state index in [9.17, 15) is 9.18 Å². The van der Waals surface area contributed by atoms with E-state index in [0.717, 1.165) is 25.1 Å². The van der Waals surface area contributed by atoms with Gasteiger partial charge in [0.1, 0.15) is 5.82 Å². The maximum atomic E-state index is 12.8. The van der Waals surface area contributed by atoms with Crippen molar-refractivity contribution in [2.24, 2.45) is 0 Å². The molecule has 92 valence electrons. The van der Waals surface area contributed by atoms with Crippen molar-refractivity contribution in [1.82, 2.24) is 5.32 Å². The second-order valence-electron chi connectivity index (χ2n) is 4.26. The maximum absolute atomic E-state index is 12.8. The molecule has 1 aromatic carbocycles. The molecule has 17 heavy (non-hydrogen) atoms. The van der Waals surface area contributed by atoms with E-state index in [1.54, 1.807) is 17.0 Å². The fourth-order valence-electron chi connectivity index (χ4n) is 2.07. The molecule has 1 aromatic rings. The highest BCUT2D eigenvalue weighted by atomic mass is 19.1. The summed E-state index contributed by atoms with van der Waals surface area (Å²) in [5, 5.41) is 3.23. The van der Waals surface area contributed by atoms with Crippen LogP contribution in [0.3, 0.4) is 0 Å². The molecule has 1 saturated heterocycles. The molecule has 0 saturated carbocycles. The summed E-state index contributed by atoms with van der Waals surface area (Å²) in [5.74, 6) is -0.189. The molecule has 1 N–H and O–H groups in total. The minimum atomic E-state index is -0.277. The fraction of sp³-hybridized carbons (Fsp3) is 0.462. The Balaban J connectivity index is 2.04. The van der Waals surface area contributed by atoms with Crippen molar-refractivity contribution in [3.8, 4) is 0 Å². The molecule has 0 radical (unpaired) electrons. The molecule has 1 aliphatic heterocycles. The van der Waals surface area contributed by atoms with Gasteiger partial charge in [-0.1, -0.05) is 6.92 Å². The number of hydrogen-bond acceptors (Lipinski definition) is 2. The monoisotopic (exact) mass is 236 g/mol. The lowest BCUT2D eigenvalue weighted by molar-refractivity contribution is -0.118. The lowest BCUT2D eigenvalue weighted by Gasteiger charge is -2.17. The minimum absolute atomic E-state index is 0.0833. The van der Waals surface area contributed by atoms with Crippen LogP contribution in [-0.2, 0) is 4.79 Å². The summed E-state index contributed by atoms with van der Waals surface area (Å²) in [4.78, 5) is 13.8. The van der Waals surface area contributed by atoms with Gasteiger partial charge in [0.25, 0.3) is 0 Å². The first kappa shape index (κ1) is 12.0. The van der Waals surface area contributed by atoms with E-state index >= 15 is 0 Å². The third-order valence-electron chi connectivity index (χ3n) is 2.98. The van der Waals surface area contributed by atoms with Crippen LogP contribution in [0, 0.1) is 5.82 Å². The van der Waals surface area contributed by atoms with Gasteiger partial charge in [-0.05, 0) is 43.7 Å². The minimum Gasteiger partial charge on any atom is -0.311 e. The molecule has 0 aliphatic carbocycles. The zero-order valence-corrected chi connectivity index (χ0v) is 9.95. The average Bonchev–Trinajstić information content (AvgIpc) is 2.69. The van der Waals surface area contributed by atoms with Crippen LogP contribution in [0.25, 0.3) is 0 Å². The molecule has 0 aromatic heterocycles. The van der Waals surface area contributed by atoms with Gasteiger partial charge in [-0.25, -0.2) is 4.39 Å². The Kier molecular flexibility index (Phi) is 3.74. The molecule has 1 unspecified atom stereocenters. The van der Waals surface area contributed by atoms with Crippen LogP contribution in [-0.4, -0.2) is 25.0 Å². The Morgan fingerprint density at radius 1 is 1.41 bits per heavy atom. The number of carbonyl (C=O) groups excluding carboxylic acids is 1. The molecule has 0 spiro atoms. The molecule has 1 amide bonds. The lowest BCUT2D eigenvalue weighted by atomic mass is 10.2. The van der Waals surface area contributed by atoms with Gasteiger partial charge in [0, 0.05) is 12.2 Å². The highest BCUT2D eigenvalue weighted by molar-refractivity contribution is 5.99. The summed E-state index contributed by atoms with van der Waals surface area (Å²) in [7, 11) is 0. The van der Waals surface area contributed by atoms with Crippen molar-refractivity contribution < 1.29 is 9.18 Å². The number of rotatable bonds is 4. The van der Waals surface area contributed by atoms with E-state index in [1.165, 1.54) is 12.1 Å². The van der Waals surface area contributed by atoms with E-state index in [1.807, 2.05) is 0 Å². The Morgan fingerprint density at radius 3 is 2.76 bits per heavy atom. The normalized spacial score (nSPS) is 20.0. The zero-order valence-electron chi connectivity index (χ0n) is 9.95. The zero-order chi connectivity index (χ0) is 12.3. The summed E-state index contributed by atoms with van der Waals surface area (Å²) in [6.45, 7) is 3.63. The Labute approximate surface area is 101 Å². The number of anilines is 1. The molecular formula is C13H17FN2O. The fourth-order valence-corrected chi connectivity index (χ4v) is 2.07. The first-order valence-electron chi connectivity index (χ1n) is 6.02. The second kappa shape index (κ2) is 5.27. The van der Waals surface area contributed by atoms with Gasteiger partial charge in [-0.2, -0.15) is 0 Å². The number of nitrogens with zero attached hydrogens (tertiary/aromatic N) is 1. The van der Waals surface area contributed by atoms with Gasteiger partial charge < -0.3 is 10.2 Å². The van der Waals surface area contributed by atoms with Crippen LogP contribution in [0.15, 0.2) is 24.3 Å². The topological polar surface area (TPSA) is 32.3 Å². The van der Waals surface area contributed by atoms with Gasteiger partial charge in [0.05, 0.1) is 6.04 Å². The lowest BCUT2D eigenvalue weighted by Crippen LogP contribution is -2.38. The molecule has 2 rings (SSSR count). The second-order valence-corrected chi connectivity index (χ2v) is 4.26. The van der Waals surface area contributed by atoms with E-state index in [4.69, 9.17) is 0 Å². The number of carbonyl (C=O) groups is 1. The van der Waals surface area contributed by atoms with Crippen molar-refractivity contribution in [3.05, 3.63) is 30.1 Å². The summed E-state index contributed by atoms with van der Waals surface area (Å²) >= 11 is 0. The highest BCUT2D eigenvalue weighted by Gasteiger charge is 2.31. The van der Waals surface area contributed by atoms with Crippen LogP contribution in [0.2, 0.25) is 0 Å². The number of halogens is 1. The van der Waals surface area contributed by atoms with Crippen LogP contribution in [0.4, 0.5) is 10.1 Å². The third-order valence-corrected chi connectivity index (χ3v) is 2.98. The Bertz CT molecular complexity index is 391. The Hall–Kier alpha value is -1.42. The predicted molar refractivity (Wildman–Crippen MR) is 65.5 cm³/mol. The van der Waals surface area contributed by atoms with Crippen molar-refractivity contribution in [2.75, 3.05) is 18.0 Å². The van der Waals surface area contributed by atoms with Crippen LogP contribution < -0.4 is 10.2 Å². The van der Waals surface area contributed by atoms with Gasteiger partial charge in [-0.3, -0.25) is 4.79 Å². The van der Waals surface area contributed by atoms with Crippen LogP contribution in [0.5, 0.6) is 0 Å². The molecule has 0 bridgehead atoms. The van der Waals surface area contributed by atoms with Crippen molar-refractivity contribution in [2.45, 2.75) is 25.8 Å². The van der Waals surface area contributed by atoms with Gasteiger partial charge in [0.15, 0.2) is 0 Å². The number of amides is 1. The Morgan fingerprint density at radius 2 is 2.12 bits per heavy atom.